The zero-order valence-corrected chi connectivity index (χ0v) is 17.3. The van der Waals surface area contributed by atoms with Gasteiger partial charge in [-0.2, -0.15) is 20.0 Å². The molecule has 1 aliphatic heterocycles. The number of hydrogen-bond acceptors (Lipinski definition) is 7. The number of anilines is 2. The van der Waals surface area contributed by atoms with E-state index in [1.807, 2.05) is 65.2 Å². The Morgan fingerprint density at radius 1 is 1.03 bits per heavy atom. The highest BCUT2D eigenvalue weighted by atomic mass is 16.5. The van der Waals surface area contributed by atoms with E-state index in [0.717, 1.165) is 41.4 Å². The normalized spacial score (nSPS) is 14.0. The summed E-state index contributed by atoms with van der Waals surface area (Å²) in [5.41, 5.74) is 6.94. The summed E-state index contributed by atoms with van der Waals surface area (Å²) in [7, 11) is 0. The molecule has 2 aromatic carbocycles. The van der Waals surface area contributed by atoms with Gasteiger partial charge in [-0.05, 0) is 6.07 Å². The largest absolute Gasteiger partial charge is 0.378 e. The number of benzene rings is 2. The topological polar surface area (TPSA) is 90.8 Å². The van der Waals surface area contributed by atoms with E-state index >= 15 is 0 Å². The predicted octanol–water partition coefficient (Wildman–Crippen LogP) is 3.55. The van der Waals surface area contributed by atoms with Crippen LogP contribution in [0.15, 0.2) is 71.8 Å². The molecule has 0 atom stereocenters. The molecule has 0 radical (unpaired) electrons. The minimum atomic E-state index is 0.568. The van der Waals surface area contributed by atoms with E-state index < -0.39 is 0 Å². The predicted molar refractivity (Wildman–Crippen MR) is 124 cm³/mol. The van der Waals surface area contributed by atoms with E-state index in [1.165, 1.54) is 0 Å². The van der Waals surface area contributed by atoms with Gasteiger partial charge in [-0.25, -0.2) is 4.98 Å². The molecule has 1 aliphatic rings. The summed E-state index contributed by atoms with van der Waals surface area (Å²) < 4.78 is 7.39. The number of rotatable bonds is 5. The summed E-state index contributed by atoms with van der Waals surface area (Å²) in [5, 5.41) is 18.4. The molecule has 8 heteroatoms. The van der Waals surface area contributed by atoms with Crippen molar-refractivity contribution in [2.45, 2.75) is 0 Å². The minimum absolute atomic E-state index is 0.568. The van der Waals surface area contributed by atoms with Crippen LogP contribution < -0.4 is 10.3 Å². The smallest absolute Gasteiger partial charge is 0.160 e. The van der Waals surface area contributed by atoms with Crippen molar-refractivity contribution in [1.29, 1.82) is 5.26 Å². The second-order valence-corrected chi connectivity index (χ2v) is 7.33. The van der Waals surface area contributed by atoms with Crippen molar-refractivity contribution in [2.24, 2.45) is 5.10 Å². The maximum Gasteiger partial charge on any atom is 0.160 e. The van der Waals surface area contributed by atoms with E-state index in [9.17, 15) is 5.26 Å². The standard InChI is InChI=1S/C24H21N7O/c25-16-19-8-4-5-9-20(19)17-26-28-22-15-24(30-10-12-32-13-11-30)31-23(27-22)14-21(29-31)18-6-2-1-3-7-18/h1-9,14-15,17H,10-13H2,(H,27,28). The van der Waals surface area contributed by atoms with Crippen LogP contribution in [0.2, 0.25) is 0 Å². The number of morpholine rings is 1. The van der Waals surface area contributed by atoms with Crippen LogP contribution in [-0.2, 0) is 4.74 Å². The second-order valence-electron chi connectivity index (χ2n) is 7.33. The van der Waals surface area contributed by atoms with Crippen molar-refractivity contribution >= 4 is 23.5 Å². The molecule has 0 unspecified atom stereocenters. The number of aromatic nitrogens is 3. The Morgan fingerprint density at radius 2 is 1.81 bits per heavy atom. The molecule has 0 amide bonds. The van der Waals surface area contributed by atoms with Crippen molar-refractivity contribution in [3.63, 3.8) is 0 Å². The third-order valence-corrected chi connectivity index (χ3v) is 5.28. The Balaban J connectivity index is 1.51. The van der Waals surface area contributed by atoms with E-state index in [0.29, 0.717) is 24.6 Å². The summed E-state index contributed by atoms with van der Waals surface area (Å²) >= 11 is 0. The first kappa shape index (κ1) is 19.7. The third-order valence-electron chi connectivity index (χ3n) is 5.28. The number of nitriles is 1. The van der Waals surface area contributed by atoms with Crippen molar-refractivity contribution < 1.29 is 4.74 Å². The number of hydrogen-bond donors (Lipinski definition) is 1. The highest BCUT2D eigenvalue weighted by Crippen LogP contribution is 2.25. The third kappa shape index (κ3) is 4.02. The number of nitrogens with zero attached hydrogens (tertiary/aromatic N) is 6. The van der Waals surface area contributed by atoms with Crippen LogP contribution in [0, 0.1) is 11.3 Å². The van der Waals surface area contributed by atoms with E-state index in [-0.39, 0.29) is 0 Å². The van der Waals surface area contributed by atoms with Gasteiger partial charge in [0.15, 0.2) is 11.5 Å². The molecule has 0 bridgehead atoms. The molecule has 1 N–H and O–H groups in total. The van der Waals surface area contributed by atoms with Gasteiger partial charge in [-0.3, -0.25) is 5.43 Å². The molecule has 0 spiro atoms. The van der Waals surface area contributed by atoms with Gasteiger partial charge in [0.1, 0.15) is 5.82 Å². The molecule has 2 aromatic heterocycles. The maximum absolute atomic E-state index is 9.26. The van der Waals surface area contributed by atoms with Crippen LogP contribution in [0.3, 0.4) is 0 Å². The fourth-order valence-electron chi connectivity index (χ4n) is 3.66. The lowest BCUT2D eigenvalue weighted by atomic mass is 10.1. The Kier molecular flexibility index (Phi) is 5.47. The van der Waals surface area contributed by atoms with Crippen molar-refractivity contribution in [3.8, 4) is 17.3 Å². The van der Waals surface area contributed by atoms with E-state index in [2.05, 4.69) is 21.5 Å². The van der Waals surface area contributed by atoms with E-state index in [1.54, 1.807) is 12.3 Å². The molecule has 1 saturated heterocycles. The molecule has 0 saturated carbocycles. The van der Waals surface area contributed by atoms with Gasteiger partial charge in [-0.1, -0.05) is 48.5 Å². The lowest BCUT2D eigenvalue weighted by Gasteiger charge is -2.29. The van der Waals surface area contributed by atoms with Gasteiger partial charge in [-0.15, -0.1) is 0 Å². The molecule has 1 fully saturated rings. The zero-order chi connectivity index (χ0) is 21.8. The number of ether oxygens (including phenoxy) is 1. The highest BCUT2D eigenvalue weighted by Gasteiger charge is 2.18. The average Bonchev–Trinajstić information content (AvgIpc) is 3.29. The Morgan fingerprint density at radius 3 is 2.62 bits per heavy atom. The molecule has 4 aromatic rings. The van der Waals surface area contributed by atoms with Crippen LogP contribution in [-0.4, -0.2) is 47.1 Å². The second kappa shape index (κ2) is 8.88. The van der Waals surface area contributed by atoms with Gasteiger partial charge >= 0.3 is 0 Å². The zero-order valence-electron chi connectivity index (χ0n) is 17.3. The minimum Gasteiger partial charge on any atom is -0.378 e. The SMILES string of the molecule is N#Cc1ccccc1C=NNc1cc(N2CCOCC2)n2nc(-c3ccccc3)cc2n1. The first-order chi connectivity index (χ1) is 15.8. The number of nitrogens with one attached hydrogen (secondary N) is 1. The number of hydrazone groups is 1. The molecule has 32 heavy (non-hydrogen) atoms. The molecule has 158 valence electrons. The van der Waals surface area contributed by atoms with Gasteiger partial charge in [0.2, 0.25) is 0 Å². The monoisotopic (exact) mass is 423 g/mol. The first-order valence-corrected chi connectivity index (χ1v) is 10.4. The highest BCUT2D eigenvalue weighted by molar-refractivity contribution is 5.83. The summed E-state index contributed by atoms with van der Waals surface area (Å²) in [6, 6.07) is 23.5. The Bertz CT molecular complexity index is 1300. The molecular formula is C24H21N7O. The van der Waals surface area contributed by atoms with Gasteiger partial charge in [0, 0.05) is 36.3 Å². The average molecular weight is 423 g/mol. The van der Waals surface area contributed by atoms with Gasteiger partial charge in [0.25, 0.3) is 0 Å². The summed E-state index contributed by atoms with van der Waals surface area (Å²) in [6.45, 7) is 2.89. The quantitative estimate of drug-likeness (QED) is 0.390. The van der Waals surface area contributed by atoms with Crippen molar-refractivity contribution in [3.05, 3.63) is 77.9 Å². The van der Waals surface area contributed by atoms with E-state index in [4.69, 9.17) is 14.8 Å². The van der Waals surface area contributed by atoms with Crippen LogP contribution in [0.1, 0.15) is 11.1 Å². The molecule has 8 nitrogen and oxygen atoms in total. The van der Waals surface area contributed by atoms with Crippen molar-refractivity contribution in [2.75, 3.05) is 36.6 Å². The maximum atomic E-state index is 9.26. The summed E-state index contributed by atoms with van der Waals surface area (Å²) in [4.78, 5) is 6.94. The molecular weight excluding hydrogens is 402 g/mol. The molecule has 3 heterocycles. The fourth-order valence-corrected chi connectivity index (χ4v) is 3.66. The Labute approximate surface area is 185 Å². The summed E-state index contributed by atoms with van der Waals surface area (Å²) in [6.07, 6.45) is 1.63. The summed E-state index contributed by atoms with van der Waals surface area (Å²) in [5.74, 6) is 1.53. The number of fused-ring (bicyclic) bond motifs is 1. The fraction of sp³-hybridized carbons (Fsp3) is 0.167. The van der Waals surface area contributed by atoms with Crippen LogP contribution in [0.4, 0.5) is 11.6 Å². The molecule has 0 aliphatic carbocycles. The first-order valence-electron chi connectivity index (χ1n) is 10.4. The van der Waals surface area contributed by atoms with Crippen LogP contribution >= 0.6 is 0 Å². The molecule has 5 rings (SSSR count). The van der Waals surface area contributed by atoms with Gasteiger partial charge in [0.05, 0.1) is 36.8 Å². The Hall–Kier alpha value is -4.22. The van der Waals surface area contributed by atoms with Crippen LogP contribution in [0.5, 0.6) is 0 Å². The van der Waals surface area contributed by atoms with Crippen molar-refractivity contribution in [1.82, 2.24) is 14.6 Å². The lowest BCUT2D eigenvalue weighted by Crippen LogP contribution is -2.37. The lowest BCUT2D eigenvalue weighted by molar-refractivity contribution is 0.122. The van der Waals surface area contributed by atoms with Crippen LogP contribution in [0.25, 0.3) is 16.9 Å². The van der Waals surface area contributed by atoms with Gasteiger partial charge < -0.3 is 9.64 Å².